The minimum absolute atomic E-state index is 0.124. The van der Waals surface area contributed by atoms with Gasteiger partial charge in [-0.2, -0.15) is 0 Å². The number of thiazole rings is 1. The normalized spacial score (nSPS) is 15.3. The number of carbonyl (C=O) groups is 1. The summed E-state index contributed by atoms with van der Waals surface area (Å²) in [5.41, 5.74) is 2.12. The Hall–Kier alpha value is -2.07. The number of nitrogens with one attached hydrogen (secondary N) is 1. The molecule has 0 radical (unpaired) electrons. The lowest BCUT2D eigenvalue weighted by atomic mass is 9.97. The molecule has 0 bridgehead atoms. The number of phenolic OH excluding ortho intramolecular Hbond substituents is 1. The number of amides is 1. The molecule has 2 aromatic carbocycles. The van der Waals surface area contributed by atoms with E-state index in [2.05, 4.69) is 35.3 Å². The van der Waals surface area contributed by atoms with Crippen molar-refractivity contribution in [3.8, 4) is 16.9 Å². The highest BCUT2D eigenvalue weighted by molar-refractivity contribution is 8.76. The Morgan fingerprint density at radius 3 is 2.63 bits per heavy atom. The summed E-state index contributed by atoms with van der Waals surface area (Å²) in [7, 11) is 3.74. The minimum Gasteiger partial charge on any atom is -0.508 e. The fourth-order valence-corrected chi connectivity index (χ4v) is 7.57. The van der Waals surface area contributed by atoms with Crippen LogP contribution in [0, 0.1) is 5.82 Å². The number of carbonyl (C=O) groups excluding carboxylic acids is 1. The maximum atomic E-state index is 14.0. The first-order valence-corrected chi connectivity index (χ1v) is 15.0. The number of piperidine rings is 1. The molecule has 0 unspecified atom stereocenters. The van der Waals surface area contributed by atoms with Crippen LogP contribution in [0.3, 0.4) is 0 Å². The Balaban J connectivity index is 1.41. The summed E-state index contributed by atoms with van der Waals surface area (Å²) in [6.07, 6.45) is 4.20. The Morgan fingerprint density at radius 1 is 1.23 bits per heavy atom. The van der Waals surface area contributed by atoms with Gasteiger partial charge in [0.1, 0.15) is 17.3 Å². The zero-order valence-electron chi connectivity index (χ0n) is 20.1. The maximum Gasteiger partial charge on any atom is 0.275 e. The predicted octanol–water partition coefficient (Wildman–Crippen LogP) is 6.88. The summed E-state index contributed by atoms with van der Waals surface area (Å²) in [6, 6.07) is 10.7. The van der Waals surface area contributed by atoms with E-state index in [4.69, 9.17) is 0 Å². The monoisotopic (exact) mass is 531 g/mol. The zero-order chi connectivity index (χ0) is 25.0. The Kier molecular flexibility index (Phi) is 8.42. The number of nitrogens with zero attached hydrogens (tertiary/aromatic N) is 2. The van der Waals surface area contributed by atoms with Crippen LogP contribution >= 0.6 is 32.9 Å². The first-order valence-electron chi connectivity index (χ1n) is 11.5. The topological polar surface area (TPSA) is 65.5 Å². The highest BCUT2D eigenvalue weighted by Gasteiger charge is 2.28. The fraction of sp³-hybridized carbons (Fsp3) is 0.385. The third kappa shape index (κ3) is 6.78. The first kappa shape index (κ1) is 26.0. The molecule has 1 aromatic heterocycles. The molecule has 5 nitrogen and oxygen atoms in total. The molecule has 1 saturated heterocycles. The lowest BCUT2D eigenvalue weighted by Crippen LogP contribution is -2.40. The number of phenols is 1. The van der Waals surface area contributed by atoms with E-state index >= 15 is 0 Å². The molecule has 1 aliphatic rings. The van der Waals surface area contributed by atoms with Gasteiger partial charge in [0, 0.05) is 33.8 Å². The second-order valence-electron chi connectivity index (χ2n) is 9.32. The number of aromatic hydroxyl groups is 1. The van der Waals surface area contributed by atoms with Gasteiger partial charge in [-0.3, -0.25) is 4.79 Å². The van der Waals surface area contributed by atoms with Crippen LogP contribution in [0.15, 0.2) is 47.8 Å². The smallest absolute Gasteiger partial charge is 0.275 e. The molecular formula is C26H30FN3O2S3. The average molecular weight is 532 g/mol. The van der Waals surface area contributed by atoms with Gasteiger partial charge < -0.3 is 15.3 Å². The van der Waals surface area contributed by atoms with Gasteiger partial charge in [0.05, 0.1) is 5.01 Å². The van der Waals surface area contributed by atoms with E-state index < -0.39 is 5.82 Å². The summed E-state index contributed by atoms with van der Waals surface area (Å²) in [4.78, 5) is 20.2. The summed E-state index contributed by atoms with van der Waals surface area (Å²) in [5.74, 6) is -0.220. The molecule has 1 fully saturated rings. The van der Waals surface area contributed by atoms with E-state index in [1.54, 1.807) is 23.6 Å². The van der Waals surface area contributed by atoms with Gasteiger partial charge in [-0.15, -0.1) is 11.3 Å². The molecule has 1 aliphatic heterocycles. The van der Waals surface area contributed by atoms with Gasteiger partial charge in [0.25, 0.3) is 5.91 Å². The van der Waals surface area contributed by atoms with Crippen molar-refractivity contribution in [1.82, 2.24) is 9.88 Å². The van der Waals surface area contributed by atoms with Crippen molar-refractivity contribution in [1.29, 1.82) is 0 Å². The number of anilines is 1. The van der Waals surface area contributed by atoms with Crippen molar-refractivity contribution >= 4 is 44.5 Å². The molecule has 0 spiro atoms. The predicted molar refractivity (Wildman–Crippen MR) is 147 cm³/mol. The van der Waals surface area contributed by atoms with E-state index in [1.807, 2.05) is 21.6 Å². The van der Waals surface area contributed by atoms with Crippen LogP contribution in [0.2, 0.25) is 0 Å². The average Bonchev–Trinajstić information content (AvgIpc) is 3.31. The molecule has 4 rings (SSSR count). The van der Waals surface area contributed by atoms with Crippen molar-refractivity contribution < 1.29 is 14.3 Å². The molecule has 186 valence electrons. The Bertz CT molecular complexity index is 1160. The SMILES string of the molecule is CSSC(C)(C)CN1CCC(c2nc(C(=O)Nc3ccc(F)cc3-c3ccc(O)cc3)cs2)CC1. The highest BCUT2D eigenvalue weighted by atomic mass is 33.1. The van der Waals surface area contributed by atoms with Crippen molar-refractivity contribution in [2.75, 3.05) is 31.2 Å². The lowest BCUT2D eigenvalue weighted by molar-refractivity contribution is 0.102. The largest absolute Gasteiger partial charge is 0.508 e. The van der Waals surface area contributed by atoms with Crippen molar-refractivity contribution in [3.63, 3.8) is 0 Å². The van der Waals surface area contributed by atoms with Crippen LogP contribution < -0.4 is 5.32 Å². The number of likely N-dealkylation sites (tertiary alicyclic amines) is 1. The summed E-state index contributed by atoms with van der Waals surface area (Å²) in [5, 5.41) is 15.3. The number of benzene rings is 2. The zero-order valence-corrected chi connectivity index (χ0v) is 22.5. The van der Waals surface area contributed by atoms with Gasteiger partial charge in [0.15, 0.2) is 0 Å². The quantitative estimate of drug-likeness (QED) is 0.309. The molecular weight excluding hydrogens is 502 g/mol. The number of hydrogen-bond donors (Lipinski definition) is 2. The van der Waals surface area contributed by atoms with Gasteiger partial charge in [-0.25, -0.2) is 9.37 Å². The Labute approximate surface area is 217 Å². The van der Waals surface area contributed by atoms with Crippen LogP contribution in [-0.2, 0) is 0 Å². The van der Waals surface area contributed by atoms with E-state index in [0.29, 0.717) is 28.4 Å². The van der Waals surface area contributed by atoms with E-state index in [9.17, 15) is 14.3 Å². The summed E-state index contributed by atoms with van der Waals surface area (Å²) < 4.78 is 14.2. The second-order valence-corrected chi connectivity index (χ2v) is 13.3. The molecule has 3 aromatic rings. The number of hydrogen-bond acceptors (Lipinski definition) is 7. The standard InChI is InChI=1S/C26H30FN3O2S3/c1-26(2,35-33-3)16-30-12-10-18(11-13-30)25-29-23(15-34-25)24(32)28-22-9-6-19(27)14-21(22)17-4-7-20(31)8-5-17/h4-9,14-15,18,31H,10-13,16H2,1-3H3,(H,28,32). The third-order valence-electron chi connectivity index (χ3n) is 6.01. The Morgan fingerprint density at radius 2 is 1.94 bits per heavy atom. The fourth-order valence-electron chi connectivity index (χ4n) is 4.40. The molecule has 35 heavy (non-hydrogen) atoms. The maximum absolute atomic E-state index is 14.0. The molecule has 1 amide bonds. The lowest BCUT2D eigenvalue weighted by Gasteiger charge is -2.36. The number of rotatable bonds is 8. The molecule has 2 N–H and O–H groups in total. The second kappa shape index (κ2) is 11.3. The highest BCUT2D eigenvalue weighted by Crippen LogP contribution is 2.37. The number of halogens is 1. The molecule has 2 heterocycles. The van der Waals surface area contributed by atoms with Crippen LogP contribution in [0.1, 0.15) is 48.1 Å². The van der Waals surface area contributed by atoms with Gasteiger partial charge >= 0.3 is 0 Å². The van der Waals surface area contributed by atoms with Gasteiger partial charge in [-0.05, 0) is 81.9 Å². The summed E-state index contributed by atoms with van der Waals surface area (Å²) >= 11 is 1.54. The van der Waals surface area contributed by atoms with E-state index in [-0.39, 0.29) is 16.4 Å². The van der Waals surface area contributed by atoms with Crippen LogP contribution in [0.4, 0.5) is 10.1 Å². The van der Waals surface area contributed by atoms with E-state index in [1.165, 1.54) is 35.6 Å². The van der Waals surface area contributed by atoms with Crippen LogP contribution in [0.5, 0.6) is 5.75 Å². The van der Waals surface area contributed by atoms with Crippen molar-refractivity contribution in [2.24, 2.45) is 0 Å². The van der Waals surface area contributed by atoms with Gasteiger partial charge in [0.2, 0.25) is 0 Å². The molecule has 0 saturated carbocycles. The molecule has 9 heteroatoms. The molecule has 0 atom stereocenters. The van der Waals surface area contributed by atoms with Crippen molar-refractivity contribution in [3.05, 3.63) is 64.4 Å². The minimum atomic E-state index is -0.399. The third-order valence-corrected chi connectivity index (χ3v) is 9.62. The first-order chi connectivity index (χ1) is 16.7. The van der Waals surface area contributed by atoms with Crippen LogP contribution in [-0.4, -0.2) is 51.5 Å². The van der Waals surface area contributed by atoms with Crippen LogP contribution in [0.25, 0.3) is 11.1 Å². The van der Waals surface area contributed by atoms with E-state index in [0.717, 1.165) is 37.5 Å². The summed E-state index contributed by atoms with van der Waals surface area (Å²) in [6.45, 7) is 7.73. The van der Waals surface area contributed by atoms with Gasteiger partial charge in [-0.1, -0.05) is 33.7 Å². The number of aromatic nitrogens is 1. The van der Waals surface area contributed by atoms with Crippen molar-refractivity contribution in [2.45, 2.75) is 37.4 Å². The molecule has 0 aliphatic carbocycles.